The van der Waals surface area contributed by atoms with Gasteiger partial charge in [-0.15, -0.1) is 0 Å². The summed E-state index contributed by atoms with van der Waals surface area (Å²) in [6, 6.07) is 5.96. The van der Waals surface area contributed by atoms with Crippen LogP contribution < -0.4 is 0 Å². The van der Waals surface area contributed by atoms with Gasteiger partial charge >= 0.3 is 0 Å². The standard InChI is InChI=1S/C17H23ClO/c1-12-7-8-13(15(18)10-12)11-16(19)14-6-4-5-9-17(14,2)3/h7-8,10,14H,4-6,9,11H2,1-3H3. The molecule has 1 aliphatic carbocycles. The number of hydrogen-bond donors (Lipinski definition) is 0. The molecule has 1 nitrogen and oxygen atoms in total. The number of aryl methyl sites for hydroxylation is 1. The van der Waals surface area contributed by atoms with Crippen LogP contribution in [0.2, 0.25) is 5.02 Å². The van der Waals surface area contributed by atoms with Gasteiger partial charge in [0.1, 0.15) is 5.78 Å². The molecule has 0 aromatic heterocycles. The van der Waals surface area contributed by atoms with Crippen LogP contribution >= 0.6 is 11.6 Å². The topological polar surface area (TPSA) is 17.1 Å². The summed E-state index contributed by atoms with van der Waals surface area (Å²) in [6.07, 6.45) is 5.11. The summed E-state index contributed by atoms with van der Waals surface area (Å²) in [6.45, 7) is 6.47. The van der Waals surface area contributed by atoms with E-state index in [1.807, 2.05) is 25.1 Å². The zero-order valence-electron chi connectivity index (χ0n) is 12.1. The first-order chi connectivity index (χ1) is 8.90. The van der Waals surface area contributed by atoms with E-state index in [4.69, 9.17) is 11.6 Å². The van der Waals surface area contributed by atoms with E-state index in [0.29, 0.717) is 12.2 Å². The highest BCUT2D eigenvalue weighted by atomic mass is 35.5. The minimum absolute atomic E-state index is 0.145. The molecule has 1 aromatic rings. The molecular formula is C17H23ClO. The SMILES string of the molecule is Cc1ccc(CC(=O)C2CCCCC2(C)C)c(Cl)c1. The van der Waals surface area contributed by atoms with Crippen LogP contribution in [0.15, 0.2) is 18.2 Å². The molecule has 1 fully saturated rings. The summed E-state index contributed by atoms with van der Waals surface area (Å²) in [4.78, 5) is 12.6. The molecule has 0 radical (unpaired) electrons. The van der Waals surface area contributed by atoms with Gasteiger partial charge in [0.15, 0.2) is 0 Å². The van der Waals surface area contributed by atoms with E-state index >= 15 is 0 Å². The first-order valence-electron chi connectivity index (χ1n) is 7.18. The van der Waals surface area contributed by atoms with Gasteiger partial charge in [0, 0.05) is 17.4 Å². The van der Waals surface area contributed by atoms with Crippen molar-refractivity contribution in [2.24, 2.45) is 11.3 Å². The van der Waals surface area contributed by atoms with Gasteiger partial charge in [0.05, 0.1) is 0 Å². The van der Waals surface area contributed by atoms with Crippen molar-refractivity contribution in [2.75, 3.05) is 0 Å². The summed E-state index contributed by atoms with van der Waals surface area (Å²) >= 11 is 6.23. The maximum absolute atomic E-state index is 12.6. The Bertz CT molecular complexity index is 476. The Morgan fingerprint density at radius 3 is 2.74 bits per heavy atom. The molecule has 104 valence electrons. The first kappa shape index (κ1) is 14.6. The van der Waals surface area contributed by atoms with E-state index in [9.17, 15) is 4.79 Å². The molecule has 0 saturated heterocycles. The van der Waals surface area contributed by atoms with Crippen LogP contribution in [0.4, 0.5) is 0 Å². The largest absolute Gasteiger partial charge is 0.299 e. The molecule has 1 aliphatic rings. The number of rotatable bonds is 3. The van der Waals surface area contributed by atoms with Crippen LogP contribution in [0.25, 0.3) is 0 Å². The first-order valence-corrected chi connectivity index (χ1v) is 7.56. The van der Waals surface area contributed by atoms with Gasteiger partial charge in [-0.05, 0) is 42.4 Å². The number of carbonyl (C=O) groups is 1. The molecule has 0 amide bonds. The van der Waals surface area contributed by atoms with E-state index < -0.39 is 0 Å². The molecule has 19 heavy (non-hydrogen) atoms. The Hall–Kier alpha value is -0.820. The molecule has 1 aromatic carbocycles. The summed E-state index contributed by atoms with van der Waals surface area (Å²) in [5.74, 6) is 0.550. The Labute approximate surface area is 121 Å². The highest BCUT2D eigenvalue weighted by molar-refractivity contribution is 6.31. The van der Waals surface area contributed by atoms with Crippen LogP contribution in [0.5, 0.6) is 0 Å². The van der Waals surface area contributed by atoms with Crippen molar-refractivity contribution in [3.05, 3.63) is 34.3 Å². The van der Waals surface area contributed by atoms with E-state index in [2.05, 4.69) is 13.8 Å². The van der Waals surface area contributed by atoms with Gasteiger partial charge in [0.25, 0.3) is 0 Å². The summed E-state index contributed by atoms with van der Waals surface area (Å²) in [5, 5.41) is 0.724. The normalized spacial score (nSPS) is 22.2. The predicted molar refractivity (Wildman–Crippen MR) is 80.6 cm³/mol. The third-order valence-electron chi connectivity index (χ3n) is 4.47. The fourth-order valence-corrected chi connectivity index (χ4v) is 3.50. The Morgan fingerprint density at radius 2 is 2.11 bits per heavy atom. The minimum Gasteiger partial charge on any atom is -0.299 e. The molecule has 0 bridgehead atoms. The van der Waals surface area contributed by atoms with Crippen molar-refractivity contribution in [3.63, 3.8) is 0 Å². The number of halogens is 1. The fourth-order valence-electron chi connectivity index (χ4n) is 3.20. The van der Waals surface area contributed by atoms with Crippen molar-refractivity contribution in [2.45, 2.75) is 52.9 Å². The quantitative estimate of drug-likeness (QED) is 0.762. The highest BCUT2D eigenvalue weighted by Gasteiger charge is 2.36. The monoisotopic (exact) mass is 278 g/mol. The number of carbonyl (C=O) groups excluding carboxylic acids is 1. The van der Waals surface area contributed by atoms with Crippen LogP contribution in [0, 0.1) is 18.3 Å². The van der Waals surface area contributed by atoms with Gasteiger partial charge in [-0.2, -0.15) is 0 Å². The van der Waals surface area contributed by atoms with Crippen molar-refractivity contribution in [3.8, 4) is 0 Å². The van der Waals surface area contributed by atoms with Crippen LogP contribution in [-0.2, 0) is 11.2 Å². The number of hydrogen-bond acceptors (Lipinski definition) is 1. The second-order valence-electron chi connectivity index (χ2n) is 6.52. The lowest BCUT2D eigenvalue weighted by atomic mass is 9.66. The maximum Gasteiger partial charge on any atom is 0.140 e. The van der Waals surface area contributed by atoms with Gasteiger partial charge < -0.3 is 0 Å². The lowest BCUT2D eigenvalue weighted by molar-refractivity contribution is -0.127. The lowest BCUT2D eigenvalue weighted by Gasteiger charge is -2.37. The zero-order valence-corrected chi connectivity index (χ0v) is 12.9. The van der Waals surface area contributed by atoms with Crippen LogP contribution in [0.3, 0.4) is 0 Å². The maximum atomic E-state index is 12.6. The van der Waals surface area contributed by atoms with Crippen LogP contribution in [0.1, 0.15) is 50.7 Å². The molecule has 2 rings (SSSR count). The smallest absolute Gasteiger partial charge is 0.140 e. The van der Waals surface area contributed by atoms with E-state index in [0.717, 1.165) is 29.0 Å². The van der Waals surface area contributed by atoms with Gasteiger partial charge in [0.2, 0.25) is 0 Å². The average Bonchev–Trinajstić information content (AvgIpc) is 2.32. The number of benzene rings is 1. The van der Waals surface area contributed by atoms with E-state index in [-0.39, 0.29) is 11.3 Å². The lowest BCUT2D eigenvalue weighted by Crippen LogP contribution is -2.34. The van der Waals surface area contributed by atoms with Gasteiger partial charge in [-0.1, -0.05) is 50.4 Å². The van der Waals surface area contributed by atoms with Crippen molar-refractivity contribution in [1.29, 1.82) is 0 Å². The average molecular weight is 279 g/mol. The molecule has 0 aliphatic heterocycles. The van der Waals surface area contributed by atoms with Crippen molar-refractivity contribution >= 4 is 17.4 Å². The second-order valence-corrected chi connectivity index (χ2v) is 6.93. The van der Waals surface area contributed by atoms with Gasteiger partial charge in [-0.3, -0.25) is 4.79 Å². The second kappa shape index (κ2) is 5.66. The predicted octanol–water partition coefficient (Wildman–Crippen LogP) is 4.98. The molecule has 1 saturated carbocycles. The van der Waals surface area contributed by atoms with Crippen molar-refractivity contribution in [1.82, 2.24) is 0 Å². The molecule has 0 heterocycles. The highest BCUT2D eigenvalue weighted by Crippen LogP contribution is 2.41. The summed E-state index contributed by atoms with van der Waals surface area (Å²) < 4.78 is 0. The van der Waals surface area contributed by atoms with E-state index in [1.165, 1.54) is 12.8 Å². The minimum atomic E-state index is 0.145. The zero-order chi connectivity index (χ0) is 14.0. The third-order valence-corrected chi connectivity index (χ3v) is 4.82. The Kier molecular flexibility index (Phi) is 4.35. The Balaban J connectivity index is 2.12. The fraction of sp³-hybridized carbons (Fsp3) is 0.588. The summed E-state index contributed by atoms with van der Waals surface area (Å²) in [7, 11) is 0. The van der Waals surface area contributed by atoms with Gasteiger partial charge in [-0.25, -0.2) is 0 Å². The van der Waals surface area contributed by atoms with Crippen LogP contribution in [-0.4, -0.2) is 5.78 Å². The number of ketones is 1. The number of Topliss-reactive ketones (excluding diaryl/α,β-unsaturated/α-hetero) is 1. The molecule has 1 unspecified atom stereocenters. The van der Waals surface area contributed by atoms with E-state index in [1.54, 1.807) is 0 Å². The molecular weight excluding hydrogens is 256 g/mol. The molecule has 0 spiro atoms. The molecule has 0 N–H and O–H groups in total. The Morgan fingerprint density at radius 1 is 1.37 bits per heavy atom. The molecule has 1 atom stereocenters. The third kappa shape index (κ3) is 3.39. The summed E-state index contributed by atoms with van der Waals surface area (Å²) in [5.41, 5.74) is 2.25. The molecule has 2 heteroatoms. The van der Waals surface area contributed by atoms with Crippen molar-refractivity contribution < 1.29 is 4.79 Å².